The normalized spacial score (nSPS) is 19.8. The van der Waals surface area contributed by atoms with Gasteiger partial charge in [0.2, 0.25) is 0 Å². The van der Waals surface area contributed by atoms with Gasteiger partial charge in [0, 0.05) is 17.5 Å². The summed E-state index contributed by atoms with van der Waals surface area (Å²) in [5, 5.41) is 2.82. The average Bonchev–Trinajstić information content (AvgIpc) is 2.81. The van der Waals surface area contributed by atoms with Crippen LogP contribution in [0.4, 0.5) is 0 Å². The van der Waals surface area contributed by atoms with Gasteiger partial charge in [0.25, 0.3) is 5.91 Å². The van der Waals surface area contributed by atoms with Crippen LogP contribution in [0.1, 0.15) is 21.5 Å². The molecule has 0 saturated carbocycles. The van der Waals surface area contributed by atoms with Crippen molar-refractivity contribution in [2.45, 2.75) is 12.0 Å². The SMILES string of the molecule is COC(=O)C1(Cc2ccccc2)NC(=O)c2ccccc21. The van der Waals surface area contributed by atoms with E-state index in [1.807, 2.05) is 36.4 Å². The van der Waals surface area contributed by atoms with Crippen LogP contribution in [-0.2, 0) is 21.5 Å². The first-order chi connectivity index (χ1) is 10.2. The van der Waals surface area contributed by atoms with E-state index < -0.39 is 11.5 Å². The molecule has 4 heteroatoms. The quantitative estimate of drug-likeness (QED) is 0.876. The van der Waals surface area contributed by atoms with Crippen LogP contribution < -0.4 is 5.32 Å². The number of amides is 1. The minimum atomic E-state index is -1.15. The summed E-state index contributed by atoms with van der Waals surface area (Å²) in [5.74, 6) is -0.698. The van der Waals surface area contributed by atoms with E-state index in [4.69, 9.17) is 4.74 Å². The van der Waals surface area contributed by atoms with Crippen molar-refractivity contribution in [3.05, 3.63) is 71.3 Å². The Hall–Kier alpha value is -2.62. The van der Waals surface area contributed by atoms with Crippen molar-refractivity contribution < 1.29 is 14.3 Å². The molecule has 0 bridgehead atoms. The van der Waals surface area contributed by atoms with Crippen LogP contribution in [0.2, 0.25) is 0 Å². The van der Waals surface area contributed by atoms with E-state index in [-0.39, 0.29) is 5.91 Å². The van der Waals surface area contributed by atoms with E-state index in [1.54, 1.807) is 18.2 Å². The molecule has 0 saturated heterocycles. The second-order valence-corrected chi connectivity index (χ2v) is 5.06. The molecule has 0 aromatic heterocycles. The number of carbonyl (C=O) groups is 2. The lowest BCUT2D eigenvalue weighted by atomic mass is 9.84. The monoisotopic (exact) mass is 281 g/mol. The van der Waals surface area contributed by atoms with Gasteiger partial charge in [-0.2, -0.15) is 0 Å². The molecule has 21 heavy (non-hydrogen) atoms. The summed E-state index contributed by atoms with van der Waals surface area (Å²) in [6, 6.07) is 16.7. The molecule has 1 amide bonds. The predicted octanol–water partition coefficient (Wildman–Crippen LogP) is 2.04. The first kappa shape index (κ1) is 13.4. The lowest BCUT2D eigenvalue weighted by Gasteiger charge is -2.27. The van der Waals surface area contributed by atoms with Gasteiger partial charge in [-0.3, -0.25) is 4.79 Å². The maximum Gasteiger partial charge on any atom is 0.336 e. The molecule has 2 aromatic rings. The smallest absolute Gasteiger partial charge is 0.336 e. The van der Waals surface area contributed by atoms with E-state index >= 15 is 0 Å². The van der Waals surface area contributed by atoms with E-state index in [0.29, 0.717) is 17.5 Å². The Morgan fingerprint density at radius 2 is 1.76 bits per heavy atom. The summed E-state index contributed by atoms with van der Waals surface area (Å²) in [4.78, 5) is 24.6. The first-order valence-electron chi connectivity index (χ1n) is 6.72. The van der Waals surface area contributed by atoms with Crippen molar-refractivity contribution in [1.82, 2.24) is 5.32 Å². The summed E-state index contributed by atoms with van der Waals surface area (Å²) in [7, 11) is 1.34. The van der Waals surface area contributed by atoms with E-state index in [0.717, 1.165) is 5.56 Å². The molecule has 3 rings (SSSR count). The average molecular weight is 281 g/mol. The maximum absolute atomic E-state index is 12.4. The number of ether oxygens (including phenoxy) is 1. The fourth-order valence-corrected chi connectivity index (χ4v) is 2.83. The molecule has 1 unspecified atom stereocenters. The molecule has 0 fully saturated rings. The number of rotatable bonds is 3. The Morgan fingerprint density at radius 3 is 2.48 bits per heavy atom. The predicted molar refractivity (Wildman–Crippen MR) is 77.7 cm³/mol. The molecule has 1 aliphatic heterocycles. The molecule has 0 spiro atoms. The van der Waals surface area contributed by atoms with Crippen LogP contribution >= 0.6 is 0 Å². The summed E-state index contributed by atoms with van der Waals surface area (Å²) < 4.78 is 4.96. The number of esters is 1. The zero-order chi connectivity index (χ0) is 14.9. The van der Waals surface area contributed by atoms with Crippen LogP contribution in [0.5, 0.6) is 0 Å². The molecule has 1 heterocycles. The highest BCUT2D eigenvalue weighted by Gasteiger charge is 2.49. The molecule has 1 atom stereocenters. The van der Waals surface area contributed by atoms with Gasteiger partial charge in [-0.1, -0.05) is 48.5 Å². The highest BCUT2D eigenvalue weighted by Crippen LogP contribution is 2.35. The van der Waals surface area contributed by atoms with Gasteiger partial charge >= 0.3 is 5.97 Å². The zero-order valence-corrected chi connectivity index (χ0v) is 11.6. The fourth-order valence-electron chi connectivity index (χ4n) is 2.83. The lowest BCUT2D eigenvalue weighted by molar-refractivity contribution is -0.148. The van der Waals surface area contributed by atoms with E-state index in [9.17, 15) is 9.59 Å². The van der Waals surface area contributed by atoms with E-state index in [1.165, 1.54) is 7.11 Å². The van der Waals surface area contributed by atoms with Gasteiger partial charge in [0.15, 0.2) is 5.54 Å². The second kappa shape index (κ2) is 5.05. The van der Waals surface area contributed by atoms with Crippen LogP contribution in [0, 0.1) is 0 Å². The number of fused-ring (bicyclic) bond motifs is 1. The number of nitrogens with one attached hydrogen (secondary N) is 1. The molecule has 4 nitrogen and oxygen atoms in total. The van der Waals surface area contributed by atoms with Gasteiger partial charge in [-0.05, 0) is 11.6 Å². The lowest BCUT2D eigenvalue weighted by Crippen LogP contribution is -2.49. The van der Waals surface area contributed by atoms with Crippen LogP contribution in [0.3, 0.4) is 0 Å². The Bertz CT molecular complexity index is 696. The van der Waals surface area contributed by atoms with Gasteiger partial charge < -0.3 is 10.1 Å². The summed E-state index contributed by atoms with van der Waals surface area (Å²) in [5.41, 5.74) is 1.01. The number of hydrogen-bond donors (Lipinski definition) is 1. The molecule has 1 N–H and O–H groups in total. The third-order valence-corrected chi connectivity index (χ3v) is 3.80. The number of carbonyl (C=O) groups excluding carboxylic acids is 2. The molecular formula is C17H15NO3. The molecule has 1 aliphatic rings. The third kappa shape index (κ3) is 2.09. The Balaban J connectivity index is 2.12. The number of methoxy groups -OCH3 is 1. The highest BCUT2D eigenvalue weighted by molar-refractivity contribution is 6.06. The van der Waals surface area contributed by atoms with Gasteiger partial charge in [0.1, 0.15) is 0 Å². The van der Waals surface area contributed by atoms with Crippen molar-refractivity contribution >= 4 is 11.9 Å². The summed E-state index contributed by atoms with van der Waals surface area (Å²) in [6.07, 6.45) is 0.364. The summed E-state index contributed by atoms with van der Waals surface area (Å²) in [6.45, 7) is 0. The second-order valence-electron chi connectivity index (χ2n) is 5.06. The highest BCUT2D eigenvalue weighted by atomic mass is 16.5. The van der Waals surface area contributed by atoms with Gasteiger partial charge in [-0.15, -0.1) is 0 Å². The summed E-state index contributed by atoms with van der Waals surface area (Å²) >= 11 is 0. The molecule has 2 aromatic carbocycles. The molecular weight excluding hydrogens is 266 g/mol. The Labute approximate surface area is 122 Å². The minimum Gasteiger partial charge on any atom is -0.467 e. The van der Waals surface area contributed by atoms with Crippen molar-refractivity contribution in [2.75, 3.05) is 7.11 Å². The van der Waals surface area contributed by atoms with E-state index in [2.05, 4.69) is 5.32 Å². The van der Waals surface area contributed by atoms with Crippen molar-refractivity contribution in [2.24, 2.45) is 0 Å². The van der Waals surface area contributed by atoms with Crippen LogP contribution in [0.15, 0.2) is 54.6 Å². The topological polar surface area (TPSA) is 55.4 Å². The molecule has 0 aliphatic carbocycles. The molecule has 0 radical (unpaired) electrons. The van der Waals surface area contributed by atoms with Gasteiger partial charge in [0.05, 0.1) is 7.11 Å². The largest absolute Gasteiger partial charge is 0.467 e. The van der Waals surface area contributed by atoms with Gasteiger partial charge in [-0.25, -0.2) is 4.79 Å². The number of benzene rings is 2. The first-order valence-corrected chi connectivity index (χ1v) is 6.72. The van der Waals surface area contributed by atoms with Crippen molar-refractivity contribution in [3.8, 4) is 0 Å². The Morgan fingerprint density at radius 1 is 1.10 bits per heavy atom. The van der Waals surface area contributed by atoms with Crippen LogP contribution in [-0.4, -0.2) is 19.0 Å². The maximum atomic E-state index is 12.4. The Kier molecular flexibility index (Phi) is 3.22. The van der Waals surface area contributed by atoms with Crippen molar-refractivity contribution in [3.63, 3.8) is 0 Å². The third-order valence-electron chi connectivity index (χ3n) is 3.80. The fraction of sp³-hybridized carbons (Fsp3) is 0.176. The standard InChI is InChI=1S/C17H15NO3/c1-21-16(20)17(11-12-7-3-2-4-8-12)14-10-6-5-9-13(14)15(19)18-17/h2-10H,11H2,1H3,(H,18,19). The molecule has 106 valence electrons. The van der Waals surface area contributed by atoms with Crippen LogP contribution in [0.25, 0.3) is 0 Å². The zero-order valence-electron chi connectivity index (χ0n) is 11.6. The van der Waals surface area contributed by atoms with Crippen molar-refractivity contribution in [1.29, 1.82) is 0 Å². The number of hydrogen-bond acceptors (Lipinski definition) is 3. The minimum absolute atomic E-state index is 0.244.